The molecule has 3 rings (SSSR count). The van der Waals surface area contributed by atoms with Gasteiger partial charge in [0.05, 0.1) is 6.26 Å². The molecule has 21 heavy (non-hydrogen) atoms. The second-order valence-corrected chi connectivity index (χ2v) is 5.19. The minimum absolute atomic E-state index is 0.198. The highest BCUT2D eigenvalue weighted by atomic mass is 16.5. The number of rotatable bonds is 4. The van der Waals surface area contributed by atoms with Crippen LogP contribution in [0.2, 0.25) is 0 Å². The highest BCUT2D eigenvalue weighted by molar-refractivity contribution is 5.84. The number of ether oxygens (including phenoxy) is 1. The molecule has 0 saturated heterocycles. The van der Waals surface area contributed by atoms with Crippen molar-refractivity contribution in [3.63, 3.8) is 0 Å². The normalized spacial score (nSPS) is 14.0. The van der Waals surface area contributed by atoms with Crippen LogP contribution in [0.1, 0.15) is 24.5 Å². The fourth-order valence-corrected chi connectivity index (χ4v) is 2.33. The standard InChI is InChI=1S/C17H18N2O2/c1-11-8-9-13-5-3-6-14(16(13)19-11)21-17(12(2)18)15-7-4-10-20-15/h3-10,12,17H,18H2,1-2H3. The molecule has 0 aliphatic heterocycles. The average molecular weight is 282 g/mol. The van der Waals surface area contributed by atoms with Crippen molar-refractivity contribution in [2.24, 2.45) is 5.73 Å². The number of fused-ring (bicyclic) bond motifs is 1. The molecule has 2 heterocycles. The van der Waals surface area contributed by atoms with Gasteiger partial charge >= 0.3 is 0 Å². The van der Waals surface area contributed by atoms with Crippen molar-refractivity contribution in [1.82, 2.24) is 4.98 Å². The van der Waals surface area contributed by atoms with E-state index < -0.39 is 0 Å². The van der Waals surface area contributed by atoms with Gasteiger partial charge in [-0.1, -0.05) is 18.2 Å². The summed E-state index contributed by atoms with van der Waals surface area (Å²) in [6, 6.07) is 13.4. The Balaban J connectivity index is 2.02. The average Bonchev–Trinajstić information content (AvgIpc) is 2.98. The van der Waals surface area contributed by atoms with Crippen molar-refractivity contribution in [1.29, 1.82) is 0 Å². The first kappa shape index (κ1) is 13.6. The zero-order valence-corrected chi connectivity index (χ0v) is 12.1. The largest absolute Gasteiger partial charge is 0.479 e. The molecule has 0 aliphatic carbocycles. The zero-order valence-electron chi connectivity index (χ0n) is 12.1. The Labute approximate surface area is 123 Å². The first-order valence-corrected chi connectivity index (χ1v) is 6.97. The third kappa shape index (κ3) is 2.76. The van der Waals surface area contributed by atoms with Gasteiger partial charge in [0, 0.05) is 17.1 Å². The van der Waals surface area contributed by atoms with E-state index in [4.69, 9.17) is 14.9 Å². The number of nitrogens with two attached hydrogens (primary N) is 1. The Bertz CT molecular complexity index is 736. The first-order valence-electron chi connectivity index (χ1n) is 6.97. The number of furan rings is 1. The number of aryl methyl sites for hydroxylation is 1. The minimum Gasteiger partial charge on any atom is -0.479 e. The summed E-state index contributed by atoms with van der Waals surface area (Å²) in [5.41, 5.74) is 7.84. The van der Waals surface area contributed by atoms with Gasteiger partial charge in [0.1, 0.15) is 17.0 Å². The maximum Gasteiger partial charge on any atom is 0.171 e. The second-order valence-electron chi connectivity index (χ2n) is 5.19. The molecule has 2 N–H and O–H groups in total. The Kier molecular flexibility index (Phi) is 3.62. The van der Waals surface area contributed by atoms with Gasteiger partial charge in [0.25, 0.3) is 0 Å². The topological polar surface area (TPSA) is 61.3 Å². The third-order valence-electron chi connectivity index (χ3n) is 3.38. The van der Waals surface area contributed by atoms with Gasteiger partial charge in [-0.05, 0) is 38.1 Å². The number of nitrogens with zero attached hydrogens (tertiary/aromatic N) is 1. The lowest BCUT2D eigenvalue weighted by atomic mass is 10.1. The fraction of sp³-hybridized carbons (Fsp3) is 0.235. The van der Waals surface area contributed by atoms with Crippen molar-refractivity contribution in [3.8, 4) is 5.75 Å². The summed E-state index contributed by atoms with van der Waals surface area (Å²) in [5.74, 6) is 1.43. The van der Waals surface area contributed by atoms with Gasteiger partial charge < -0.3 is 14.9 Å². The lowest BCUT2D eigenvalue weighted by molar-refractivity contribution is 0.155. The highest BCUT2D eigenvalue weighted by Gasteiger charge is 2.22. The maximum absolute atomic E-state index is 6.11. The summed E-state index contributed by atoms with van der Waals surface area (Å²) in [6.45, 7) is 3.86. The molecule has 2 atom stereocenters. The van der Waals surface area contributed by atoms with E-state index in [1.54, 1.807) is 6.26 Å². The predicted molar refractivity (Wildman–Crippen MR) is 82.2 cm³/mol. The predicted octanol–water partition coefficient (Wildman–Crippen LogP) is 3.60. The van der Waals surface area contributed by atoms with Gasteiger partial charge in [-0.3, -0.25) is 0 Å². The zero-order chi connectivity index (χ0) is 14.8. The van der Waals surface area contributed by atoms with E-state index in [1.807, 2.05) is 56.3 Å². The van der Waals surface area contributed by atoms with Gasteiger partial charge in [-0.2, -0.15) is 0 Å². The molecule has 4 nitrogen and oxygen atoms in total. The van der Waals surface area contributed by atoms with Crippen molar-refractivity contribution in [2.75, 3.05) is 0 Å². The molecule has 108 valence electrons. The van der Waals surface area contributed by atoms with Crippen LogP contribution >= 0.6 is 0 Å². The lowest BCUT2D eigenvalue weighted by Crippen LogP contribution is -2.28. The molecule has 2 unspecified atom stereocenters. The number of para-hydroxylation sites is 1. The summed E-state index contributed by atoms with van der Waals surface area (Å²) < 4.78 is 11.5. The summed E-state index contributed by atoms with van der Waals surface area (Å²) in [5, 5.41) is 1.04. The van der Waals surface area contributed by atoms with Crippen LogP contribution in [0.15, 0.2) is 53.1 Å². The summed E-state index contributed by atoms with van der Waals surface area (Å²) in [7, 11) is 0. The van der Waals surface area contributed by atoms with E-state index in [-0.39, 0.29) is 12.1 Å². The van der Waals surface area contributed by atoms with Crippen molar-refractivity contribution >= 4 is 10.9 Å². The van der Waals surface area contributed by atoms with Crippen LogP contribution in [0.4, 0.5) is 0 Å². The van der Waals surface area contributed by atoms with E-state index >= 15 is 0 Å². The number of aromatic nitrogens is 1. The summed E-state index contributed by atoms with van der Waals surface area (Å²) in [6.07, 6.45) is 1.28. The molecule has 0 fully saturated rings. The molecular weight excluding hydrogens is 264 g/mol. The van der Waals surface area contributed by atoms with Crippen LogP contribution in [0.3, 0.4) is 0 Å². The van der Waals surface area contributed by atoms with Gasteiger partial charge in [0.15, 0.2) is 6.10 Å². The van der Waals surface area contributed by atoms with Gasteiger partial charge in [-0.25, -0.2) is 4.98 Å². The molecule has 0 spiro atoms. The molecule has 2 aromatic heterocycles. The van der Waals surface area contributed by atoms with Crippen molar-refractivity contribution < 1.29 is 9.15 Å². The van der Waals surface area contributed by atoms with Crippen LogP contribution in [0, 0.1) is 6.92 Å². The van der Waals surface area contributed by atoms with Crippen LogP contribution < -0.4 is 10.5 Å². The third-order valence-corrected chi connectivity index (χ3v) is 3.38. The molecule has 1 aromatic carbocycles. The minimum atomic E-state index is -0.340. The molecule has 0 amide bonds. The lowest BCUT2D eigenvalue weighted by Gasteiger charge is -2.21. The van der Waals surface area contributed by atoms with Crippen LogP contribution in [-0.4, -0.2) is 11.0 Å². The van der Waals surface area contributed by atoms with E-state index in [1.165, 1.54) is 0 Å². The van der Waals surface area contributed by atoms with Gasteiger partial charge in [0.2, 0.25) is 0 Å². The highest BCUT2D eigenvalue weighted by Crippen LogP contribution is 2.30. The summed E-state index contributed by atoms with van der Waals surface area (Å²) in [4.78, 5) is 4.57. The Morgan fingerprint density at radius 2 is 2.00 bits per heavy atom. The Morgan fingerprint density at radius 1 is 1.14 bits per heavy atom. The van der Waals surface area contributed by atoms with Crippen LogP contribution in [0.25, 0.3) is 10.9 Å². The molecular formula is C17H18N2O2. The number of hydrogen-bond acceptors (Lipinski definition) is 4. The maximum atomic E-state index is 6.11. The quantitative estimate of drug-likeness (QED) is 0.794. The van der Waals surface area contributed by atoms with E-state index in [9.17, 15) is 0 Å². The van der Waals surface area contributed by atoms with E-state index in [2.05, 4.69) is 4.98 Å². The van der Waals surface area contributed by atoms with Crippen molar-refractivity contribution in [3.05, 3.63) is 60.2 Å². The van der Waals surface area contributed by atoms with E-state index in [0.717, 1.165) is 28.1 Å². The van der Waals surface area contributed by atoms with Crippen LogP contribution in [0.5, 0.6) is 5.75 Å². The number of pyridine rings is 1. The molecule has 0 bridgehead atoms. The monoisotopic (exact) mass is 282 g/mol. The number of benzene rings is 1. The summed E-state index contributed by atoms with van der Waals surface area (Å²) >= 11 is 0. The molecule has 3 aromatic rings. The molecule has 0 radical (unpaired) electrons. The number of hydrogen-bond donors (Lipinski definition) is 1. The smallest absolute Gasteiger partial charge is 0.171 e. The molecule has 0 saturated carbocycles. The first-order chi connectivity index (χ1) is 10.1. The fourth-order valence-electron chi connectivity index (χ4n) is 2.33. The van der Waals surface area contributed by atoms with Gasteiger partial charge in [-0.15, -0.1) is 0 Å². The molecule has 0 aliphatic rings. The second kappa shape index (κ2) is 5.58. The van der Waals surface area contributed by atoms with E-state index in [0.29, 0.717) is 0 Å². The van der Waals surface area contributed by atoms with Crippen LogP contribution in [-0.2, 0) is 0 Å². The molecule has 4 heteroatoms. The SMILES string of the molecule is Cc1ccc2cccc(OC(c3ccco3)C(C)N)c2n1. The van der Waals surface area contributed by atoms with Crippen molar-refractivity contribution in [2.45, 2.75) is 26.0 Å². The Morgan fingerprint density at radius 3 is 2.71 bits per heavy atom. The Hall–Kier alpha value is -2.33.